The van der Waals surface area contributed by atoms with Crippen LogP contribution in [0.1, 0.15) is 36.9 Å². The molecule has 0 saturated heterocycles. The number of aromatic nitrogens is 4. The highest BCUT2D eigenvalue weighted by Crippen LogP contribution is 2.25. The van der Waals surface area contributed by atoms with Crippen molar-refractivity contribution in [2.24, 2.45) is 7.05 Å². The molecule has 4 rings (SSSR count). The number of rotatable bonds is 6. The second-order valence-electron chi connectivity index (χ2n) is 7.71. The summed E-state index contributed by atoms with van der Waals surface area (Å²) in [5, 5.41) is 11.4. The van der Waals surface area contributed by atoms with Crippen molar-refractivity contribution >= 4 is 11.6 Å². The maximum absolute atomic E-state index is 4.71. The molecule has 0 radical (unpaired) electrons. The summed E-state index contributed by atoms with van der Waals surface area (Å²) in [6.45, 7) is 6.25. The van der Waals surface area contributed by atoms with Crippen molar-refractivity contribution in [1.29, 1.82) is 0 Å². The average Bonchev–Trinajstić information content (AvgIpc) is 3.09. The number of nitrogens with zero attached hydrogens (tertiary/aromatic N) is 4. The molecule has 0 aliphatic heterocycles. The molecule has 1 aliphatic carbocycles. The Hall–Kier alpha value is -3.15. The maximum atomic E-state index is 4.71. The fourth-order valence-corrected chi connectivity index (χ4v) is 3.86. The number of nitrogens with one attached hydrogen (secondary N) is 2. The molecule has 0 spiro atoms. The number of benzene rings is 1. The molecule has 1 saturated carbocycles. The molecule has 0 bridgehead atoms. The molecule has 3 aromatic rings. The molecule has 0 amide bonds. The summed E-state index contributed by atoms with van der Waals surface area (Å²) in [5.74, 6) is 0.691. The first kappa shape index (κ1) is 19.2. The first-order valence-electron chi connectivity index (χ1n) is 10.2. The number of anilines is 1. The summed E-state index contributed by atoms with van der Waals surface area (Å²) >= 11 is 0. The molecule has 2 aromatic heterocycles. The van der Waals surface area contributed by atoms with Crippen molar-refractivity contribution in [1.82, 2.24) is 25.1 Å². The summed E-state index contributed by atoms with van der Waals surface area (Å²) in [7, 11) is 1.94. The molecular formula is C23H28N6. The Balaban J connectivity index is 1.32. The molecule has 1 fully saturated rings. The molecule has 0 atom stereocenters. The minimum absolute atomic E-state index is 0.392. The van der Waals surface area contributed by atoms with Crippen molar-refractivity contribution in [3.05, 3.63) is 66.6 Å². The van der Waals surface area contributed by atoms with Crippen LogP contribution in [0.5, 0.6) is 0 Å². The van der Waals surface area contributed by atoms with Gasteiger partial charge in [0.1, 0.15) is 0 Å². The van der Waals surface area contributed by atoms with Crippen LogP contribution in [0.2, 0.25) is 0 Å². The van der Waals surface area contributed by atoms with Gasteiger partial charge in [0.15, 0.2) is 0 Å². The van der Waals surface area contributed by atoms with Gasteiger partial charge >= 0.3 is 0 Å². The van der Waals surface area contributed by atoms with E-state index in [4.69, 9.17) is 4.98 Å². The van der Waals surface area contributed by atoms with E-state index in [1.807, 2.05) is 48.4 Å². The first-order chi connectivity index (χ1) is 14.1. The van der Waals surface area contributed by atoms with Crippen LogP contribution in [0.3, 0.4) is 0 Å². The van der Waals surface area contributed by atoms with Gasteiger partial charge in [0.05, 0.1) is 11.9 Å². The van der Waals surface area contributed by atoms with Crippen LogP contribution in [-0.4, -0.2) is 31.8 Å². The SMILES string of the molecule is C=C(NC1CCC(Nc2nccc(-c3cnn(C)c3C)n2)CC1)c1ccccc1. The lowest BCUT2D eigenvalue weighted by molar-refractivity contribution is 0.383. The lowest BCUT2D eigenvalue weighted by atomic mass is 9.91. The van der Waals surface area contributed by atoms with Crippen molar-refractivity contribution in [2.75, 3.05) is 5.32 Å². The van der Waals surface area contributed by atoms with Crippen LogP contribution in [0, 0.1) is 6.92 Å². The lowest BCUT2D eigenvalue weighted by Gasteiger charge is -2.31. The average molecular weight is 389 g/mol. The molecule has 1 aromatic carbocycles. The third kappa shape index (κ3) is 4.47. The van der Waals surface area contributed by atoms with E-state index in [9.17, 15) is 0 Å². The maximum Gasteiger partial charge on any atom is 0.223 e. The Bertz CT molecular complexity index is 970. The Labute approximate surface area is 172 Å². The van der Waals surface area contributed by atoms with Gasteiger partial charge in [-0.15, -0.1) is 0 Å². The van der Waals surface area contributed by atoms with Crippen LogP contribution >= 0.6 is 0 Å². The largest absolute Gasteiger partial charge is 0.382 e. The van der Waals surface area contributed by atoms with E-state index in [0.29, 0.717) is 18.0 Å². The van der Waals surface area contributed by atoms with Gasteiger partial charge in [-0.2, -0.15) is 5.10 Å². The smallest absolute Gasteiger partial charge is 0.223 e. The topological polar surface area (TPSA) is 67.7 Å². The van der Waals surface area contributed by atoms with Gasteiger partial charge in [-0.05, 0) is 44.2 Å². The molecule has 29 heavy (non-hydrogen) atoms. The number of aryl methyl sites for hydroxylation is 1. The Kier molecular flexibility index (Phi) is 5.60. The minimum atomic E-state index is 0.392. The van der Waals surface area contributed by atoms with Crippen LogP contribution in [-0.2, 0) is 7.05 Å². The van der Waals surface area contributed by atoms with Crippen LogP contribution in [0.25, 0.3) is 17.0 Å². The standard InChI is InChI=1S/C23H28N6/c1-16(18-7-5-4-6-8-18)26-19-9-11-20(12-10-19)27-23-24-14-13-22(28-23)21-15-25-29(3)17(21)2/h4-8,13-15,19-20,26H,1,9-12H2,2-3H3,(H,24,27,28). The first-order valence-corrected chi connectivity index (χ1v) is 10.2. The van der Waals surface area contributed by atoms with Gasteiger partial charge in [0, 0.05) is 42.3 Å². The van der Waals surface area contributed by atoms with Gasteiger partial charge in [0.25, 0.3) is 0 Å². The van der Waals surface area contributed by atoms with Gasteiger partial charge in [-0.25, -0.2) is 9.97 Å². The highest BCUT2D eigenvalue weighted by Gasteiger charge is 2.22. The Morgan fingerprint density at radius 3 is 2.48 bits per heavy atom. The minimum Gasteiger partial charge on any atom is -0.382 e. The van der Waals surface area contributed by atoms with Crippen molar-refractivity contribution in [3.8, 4) is 11.3 Å². The van der Waals surface area contributed by atoms with Gasteiger partial charge < -0.3 is 10.6 Å². The number of hydrogen-bond acceptors (Lipinski definition) is 5. The van der Waals surface area contributed by atoms with E-state index in [0.717, 1.165) is 53.9 Å². The Morgan fingerprint density at radius 1 is 1.07 bits per heavy atom. The molecule has 6 heteroatoms. The molecular weight excluding hydrogens is 360 g/mol. The molecule has 1 aliphatic rings. The van der Waals surface area contributed by atoms with Gasteiger partial charge in [-0.1, -0.05) is 36.9 Å². The Morgan fingerprint density at radius 2 is 1.79 bits per heavy atom. The second-order valence-corrected chi connectivity index (χ2v) is 7.71. The summed E-state index contributed by atoms with van der Waals surface area (Å²) in [5.41, 5.74) is 5.21. The third-order valence-corrected chi connectivity index (χ3v) is 5.73. The van der Waals surface area contributed by atoms with Crippen molar-refractivity contribution in [3.63, 3.8) is 0 Å². The molecule has 6 nitrogen and oxygen atoms in total. The molecule has 2 heterocycles. The zero-order valence-corrected chi connectivity index (χ0v) is 17.1. The molecule has 150 valence electrons. The van der Waals surface area contributed by atoms with E-state index in [1.54, 1.807) is 0 Å². The van der Waals surface area contributed by atoms with E-state index in [1.165, 1.54) is 0 Å². The summed E-state index contributed by atoms with van der Waals surface area (Å²) in [6, 6.07) is 13.1. The molecule has 0 unspecified atom stereocenters. The zero-order chi connectivity index (χ0) is 20.2. The van der Waals surface area contributed by atoms with Crippen LogP contribution in [0.4, 0.5) is 5.95 Å². The van der Waals surface area contributed by atoms with Crippen LogP contribution in [0.15, 0.2) is 55.4 Å². The summed E-state index contributed by atoms with van der Waals surface area (Å²) in [6.07, 6.45) is 8.04. The van der Waals surface area contributed by atoms with E-state index in [2.05, 4.69) is 46.4 Å². The predicted molar refractivity (Wildman–Crippen MR) is 117 cm³/mol. The van der Waals surface area contributed by atoms with Gasteiger partial charge in [0.2, 0.25) is 5.95 Å². The van der Waals surface area contributed by atoms with Crippen molar-refractivity contribution in [2.45, 2.75) is 44.7 Å². The van der Waals surface area contributed by atoms with E-state index < -0.39 is 0 Å². The normalized spacial score (nSPS) is 19.0. The zero-order valence-electron chi connectivity index (χ0n) is 17.1. The fourth-order valence-electron chi connectivity index (χ4n) is 3.86. The quantitative estimate of drug-likeness (QED) is 0.663. The monoisotopic (exact) mass is 388 g/mol. The second kappa shape index (κ2) is 8.47. The summed E-state index contributed by atoms with van der Waals surface area (Å²) in [4.78, 5) is 9.14. The summed E-state index contributed by atoms with van der Waals surface area (Å²) < 4.78 is 1.86. The van der Waals surface area contributed by atoms with E-state index in [-0.39, 0.29) is 0 Å². The molecule has 2 N–H and O–H groups in total. The lowest BCUT2D eigenvalue weighted by Crippen LogP contribution is -2.36. The third-order valence-electron chi connectivity index (χ3n) is 5.73. The van der Waals surface area contributed by atoms with Gasteiger partial charge in [-0.3, -0.25) is 4.68 Å². The van der Waals surface area contributed by atoms with E-state index >= 15 is 0 Å². The highest BCUT2D eigenvalue weighted by molar-refractivity contribution is 5.62. The fraction of sp³-hybridized carbons (Fsp3) is 0.348. The predicted octanol–water partition coefficient (Wildman–Crippen LogP) is 4.17. The highest BCUT2D eigenvalue weighted by atomic mass is 15.3. The van der Waals surface area contributed by atoms with Crippen molar-refractivity contribution < 1.29 is 0 Å². The van der Waals surface area contributed by atoms with Crippen LogP contribution < -0.4 is 10.6 Å². The number of hydrogen-bond donors (Lipinski definition) is 2.